The van der Waals surface area contributed by atoms with E-state index in [4.69, 9.17) is 21.2 Å². The van der Waals surface area contributed by atoms with Crippen LogP contribution in [0.15, 0.2) is 18.2 Å². The van der Waals surface area contributed by atoms with Gasteiger partial charge in [-0.1, -0.05) is 23.7 Å². The molecule has 2 rings (SSSR count). The van der Waals surface area contributed by atoms with Crippen molar-refractivity contribution in [2.24, 2.45) is 0 Å². The Hall–Kier alpha value is -1.18. The van der Waals surface area contributed by atoms with E-state index in [-0.39, 0.29) is 12.0 Å². The van der Waals surface area contributed by atoms with Gasteiger partial charge in [0.25, 0.3) is 0 Å². The van der Waals surface area contributed by atoms with Crippen LogP contribution in [-0.2, 0) is 25.9 Å². The third-order valence-electron chi connectivity index (χ3n) is 4.98. The van der Waals surface area contributed by atoms with Crippen molar-refractivity contribution in [3.05, 3.63) is 34.3 Å². The van der Waals surface area contributed by atoms with E-state index in [2.05, 4.69) is 27.2 Å². The number of aryl methyl sites for hydroxylation is 1. The number of esters is 1. The number of hydrogen-bond acceptors (Lipinski definition) is 6. The van der Waals surface area contributed by atoms with Crippen molar-refractivity contribution in [3.63, 3.8) is 0 Å². The molecular weight excluding hydrogens is 368 g/mol. The van der Waals surface area contributed by atoms with Crippen LogP contribution in [0.5, 0.6) is 0 Å². The second-order valence-corrected chi connectivity index (χ2v) is 7.41. The monoisotopic (exact) mass is 398 g/mol. The van der Waals surface area contributed by atoms with Crippen molar-refractivity contribution in [1.82, 2.24) is 10.2 Å². The highest BCUT2D eigenvalue weighted by atomic mass is 35.5. The maximum atomic E-state index is 12.0. The molecule has 0 saturated carbocycles. The minimum absolute atomic E-state index is 0.216. The molecule has 1 fully saturated rings. The van der Waals surface area contributed by atoms with Gasteiger partial charge in [0, 0.05) is 17.6 Å². The summed E-state index contributed by atoms with van der Waals surface area (Å²) >= 11 is 6.11. The Morgan fingerprint density at radius 2 is 2.07 bits per heavy atom. The molecule has 0 radical (unpaired) electrons. The molecule has 1 aliphatic heterocycles. The van der Waals surface area contributed by atoms with Gasteiger partial charge in [0.15, 0.2) is 0 Å². The average molecular weight is 399 g/mol. The highest BCUT2D eigenvalue weighted by Crippen LogP contribution is 2.19. The fourth-order valence-corrected chi connectivity index (χ4v) is 3.56. The van der Waals surface area contributed by atoms with E-state index in [1.54, 1.807) is 0 Å². The Labute approximate surface area is 167 Å². The summed E-state index contributed by atoms with van der Waals surface area (Å²) in [6.07, 6.45) is 3.42. The lowest BCUT2D eigenvalue weighted by atomic mass is 10.0. The van der Waals surface area contributed by atoms with Crippen LogP contribution in [-0.4, -0.2) is 56.9 Å². The molecule has 6 nitrogen and oxygen atoms in total. The first-order valence-electron chi connectivity index (χ1n) is 9.50. The Morgan fingerprint density at radius 1 is 1.33 bits per heavy atom. The van der Waals surface area contributed by atoms with Gasteiger partial charge in [-0.3, -0.25) is 9.69 Å². The maximum absolute atomic E-state index is 12.0. The number of rotatable bonds is 10. The SMILES string of the molecule is COOCCC[C@@H](NC1CCN(Cc2ccc(Cl)c(C)c2)CC1)C(=O)OC. The fourth-order valence-electron chi connectivity index (χ4n) is 3.45. The summed E-state index contributed by atoms with van der Waals surface area (Å²) in [7, 11) is 2.91. The van der Waals surface area contributed by atoms with Gasteiger partial charge in [0.2, 0.25) is 0 Å². The van der Waals surface area contributed by atoms with Crippen LogP contribution in [0.25, 0.3) is 0 Å². The van der Waals surface area contributed by atoms with Gasteiger partial charge in [0.05, 0.1) is 20.8 Å². The minimum atomic E-state index is -0.300. The van der Waals surface area contributed by atoms with Crippen LogP contribution < -0.4 is 5.32 Å². The second-order valence-electron chi connectivity index (χ2n) is 7.01. The molecule has 27 heavy (non-hydrogen) atoms. The van der Waals surface area contributed by atoms with Crippen molar-refractivity contribution < 1.29 is 19.3 Å². The molecule has 0 aromatic heterocycles. The largest absolute Gasteiger partial charge is 0.468 e. The number of halogens is 1. The van der Waals surface area contributed by atoms with Gasteiger partial charge in [-0.15, -0.1) is 0 Å². The lowest BCUT2D eigenvalue weighted by molar-refractivity contribution is -0.272. The van der Waals surface area contributed by atoms with E-state index in [0.29, 0.717) is 19.1 Å². The third kappa shape index (κ3) is 7.39. The van der Waals surface area contributed by atoms with Crippen molar-refractivity contribution in [2.45, 2.75) is 51.2 Å². The van der Waals surface area contributed by atoms with Crippen molar-refractivity contribution >= 4 is 17.6 Å². The Morgan fingerprint density at radius 3 is 2.70 bits per heavy atom. The second kappa shape index (κ2) is 11.6. The van der Waals surface area contributed by atoms with Crippen LogP contribution in [0.3, 0.4) is 0 Å². The topological polar surface area (TPSA) is 60.0 Å². The summed E-state index contributed by atoms with van der Waals surface area (Å²) in [6, 6.07) is 6.23. The Balaban J connectivity index is 1.78. The van der Waals surface area contributed by atoms with Crippen LogP contribution in [0, 0.1) is 6.92 Å². The zero-order chi connectivity index (χ0) is 19.6. The zero-order valence-electron chi connectivity index (χ0n) is 16.5. The molecule has 1 saturated heterocycles. The van der Waals surface area contributed by atoms with E-state index < -0.39 is 0 Å². The van der Waals surface area contributed by atoms with E-state index in [1.807, 2.05) is 13.0 Å². The van der Waals surface area contributed by atoms with Gasteiger partial charge in [-0.25, -0.2) is 9.78 Å². The van der Waals surface area contributed by atoms with Gasteiger partial charge < -0.3 is 10.1 Å². The van der Waals surface area contributed by atoms with E-state index in [9.17, 15) is 4.79 Å². The molecule has 1 N–H and O–H groups in total. The highest BCUT2D eigenvalue weighted by molar-refractivity contribution is 6.31. The molecule has 0 unspecified atom stereocenters. The number of hydrogen-bond donors (Lipinski definition) is 1. The molecule has 0 bridgehead atoms. The van der Waals surface area contributed by atoms with E-state index in [0.717, 1.165) is 49.5 Å². The molecule has 1 aromatic carbocycles. The quantitative estimate of drug-likeness (QED) is 0.283. The first-order valence-corrected chi connectivity index (χ1v) is 9.88. The lowest BCUT2D eigenvalue weighted by Crippen LogP contribution is -2.49. The summed E-state index contributed by atoms with van der Waals surface area (Å²) in [5.41, 5.74) is 2.40. The number of ether oxygens (including phenoxy) is 1. The molecule has 1 heterocycles. The number of nitrogens with zero attached hydrogens (tertiary/aromatic N) is 1. The molecule has 0 spiro atoms. The smallest absolute Gasteiger partial charge is 0.322 e. The average Bonchev–Trinajstić information content (AvgIpc) is 2.68. The number of carbonyl (C=O) groups is 1. The summed E-state index contributed by atoms with van der Waals surface area (Å²) in [4.78, 5) is 23.9. The van der Waals surface area contributed by atoms with Crippen LogP contribution in [0.4, 0.5) is 0 Å². The van der Waals surface area contributed by atoms with Crippen molar-refractivity contribution in [2.75, 3.05) is 33.9 Å². The Kier molecular flexibility index (Phi) is 9.51. The van der Waals surface area contributed by atoms with Gasteiger partial charge in [0.1, 0.15) is 6.04 Å². The summed E-state index contributed by atoms with van der Waals surface area (Å²) in [5, 5.41) is 4.28. The normalized spacial score (nSPS) is 17.0. The maximum Gasteiger partial charge on any atom is 0.322 e. The number of piperidine rings is 1. The fraction of sp³-hybridized carbons (Fsp3) is 0.650. The van der Waals surface area contributed by atoms with Gasteiger partial charge >= 0.3 is 5.97 Å². The van der Waals surface area contributed by atoms with Crippen LogP contribution in [0.1, 0.15) is 36.8 Å². The third-order valence-corrected chi connectivity index (χ3v) is 5.40. The number of likely N-dealkylation sites (tertiary alicyclic amines) is 1. The number of methoxy groups -OCH3 is 1. The van der Waals surface area contributed by atoms with Crippen LogP contribution in [0.2, 0.25) is 5.02 Å². The molecule has 0 aliphatic carbocycles. The van der Waals surface area contributed by atoms with Gasteiger partial charge in [-0.05, 0) is 62.9 Å². The standard InChI is InChI=1S/C20H31ClN2O4/c1-15-13-16(6-7-18(15)21)14-23-10-8-17(9-11-23)22-19(20(24)25-2)5-4-12-27-26-3/h6-7,13,17,19,22H,4-5,8-12,14H2,1-3H3/t19-/m1/s1. The van der Waals surface area contributed by atoms with Crippen molar-refractivity contribution in [1.29, 1.82) is 0 Å². The first-order chi connectivity index (χ1) is 13.0. The van der Waals surface area contributed by atoms with Gasteiger partial charge in [-0.2, -0.15) is 0 Å². The summed E-state index contributed by atoms with van der Waals surface area (Å²) in [5.74, 6) is -0.216. The molecule has 1 atom stereocenters. The molecule has 1 aromatic rings. The number of carbonyl (C=O) groups excluding carboxylic acids is 1. The lowest BCUT2D eigenvalue weighted by Gasteiger charge is -2.34. The summed E-state index contributed by atoms with van der Waals surface area (Å²) < 4.78 is 4.94. The predicted octanol–water partition coefficient (Wildman–Crippen LogP) is 3.10. The van der Waals surface area contributed by atoms with Crippen molar-refractivity contribution in [3.8, 4) is 0 Å². The minimum Gasteiger partial charge on any atom is -0.468 e. The Bertz CT molecular complexity index is 591. The molecular formula is C20H31ClN2O4. The molecule has 1 aliphatic rings. The molecule has 152 valence electrons. The first kappa shape index (κ1) is 22.1. The molecule has 7 heteroatoms. The zero-order valence-corrected chi connectivity index (χ0v) is 17.3. The molecule has 0 amide bonds. The van der Waals surface area contributed by atoms with E-state index >= 15 is 0 Å². The predicted molar refractivity (Wildman–Crippen MR) is 106 cm³/mol. The number of benzene rings is 1. The number of nitrogens with one attached hydrogen (secondary N) is 1. The van der Waals surface area contributed by atoms with E-state index in [1.165, 1.54) is 19.8 Å². The van der Waals surface area contributed by atoms with Crippen LogP contribution >= 0.6 is 11.6 Å². The summed E-state index contributed by atoms with van der Waals surface area (Å²) in [6.45, 7) is 5.43. The highest BCUT2D eigenvalue weighted by Gasteiger charge is 2.25.